The van der Waals surface area contributed by atoms with Crippen molar-refractivity contribution in [3.63, 3.8) is 0 Å². The van der Waals surface area contributed by atoms with Crippen LogP contribution in [0.15, 0.2) is 6.20 Å². The number of hydrogen-bond donors (Lipinski definition) is 1. The van der Waals surface area contributed by atoms with Crippen LogP contribution in [0.3, 0.4) is 0 Å². The Hall–Kier alpha value is -0.870. The molecule has 0 aromatic carbocycles. The minimum atomic E-state index is 0.154. The second-order valence-electron chi connectivity index (χ2n) is 6.11. The zero-order chi connectivity index (χ0) is 13.6. The van der Waals surface area contributed by atoms with Gasteiger partial charge in [-0.2, -0.15) is 5.10 Å². The highest BCUT2D eigenvalue weighted by Gasteiger charge is 2.58. The number of carbonyl (C=O) groups excluding carboxylic acids is 1. The van der Waals surface area contributed by atoms with Crippen molar-refractivity contribution >= 4 is 17.4 Å². The number of ketones is 1. The molecule has 3 rings (SSSR count). The van der Waals surface area contributed by atoms with Gasteiger partial charge in [0.2, 0.25) is 0 Å². The van der Waals surface area contributed by atoms with Crippen molar-refractivity contribution in [2.75, 3.05) is 13.1 Å². The molecule has 1 saturated heterocycles. The summed E-state index contributed by atoms with van der Waals surface area (Å²) >= 11 is 6.17. The average molecular weight is 282 g/mol. The van der Waals surface area contributed by atoms with Crippen LogP contribution < -0.4 is 5.32 Å². The summed E-state index contributed by atoms with van der Waals surface area (Å²) in [4.78, 5) is 12.7. The summed E-state index contributed by atoms with van der Waals surface area (Å²) in [5, 5.41) is 8.09. The number of nitrogens with zero attached hydrogens (tertiary/aromatic N) is 2. The second kappa shape index (κ2) is 4.60. The quantitative estimate of drug-likeness (QED) is 0.867. The monoisotopic (exact) mass is 281 g/mol. The molecule has 1 aromatic rings. The van der Waals surface area contributed by atoms with Gasteiger partial charge in [-0.1, -0.05) is 11.6 Å². The van der Waals surface area contributed by atoms with E-state index in [1.807, 2.05) is 13.8 Å². The number of Topliss-reactive ketones (excluding diaryl/α,β-unsaturated/α-hetero) is 1. The van der Waals surface area contributed by atoms with Gasteiger partial charge in [0, 0.05) is 12.0 Å². The molecule has 1 aromatic heterocycles. The van der Waals surface area contributed by atoms with Gasteiger partial charge in [-0.25, -0.2) is 0 Å². The molecule has 5 heteroatoms. The number of carbonyl (C=O) groups is 1. The van der Waals surface area contributed by atoms with Crippen molar-refractivity contribution in [2.24, 2.45) is 11.3 Å². The Morgan fingerprint density at radius 1 is 1.53 bits per heavy atom. The number of hydrogen-bond acceptors (Lipinski definition) is 3. The molecule has 2 heterocycles. The second-order valence-corrected chi connectivity index (χ2v) is 6.52. The molecule has 1 unspecified atom stereocenters. The zero-order valence-electron chi connectivity index (χ0n) is 11.4. The highest BCUT2D eigenvalue weighted by molar-refractivity contribution is 6.33. The predicted octanol–water partition coefficient (Wildman–Crippen LogP) is 2.69. The standard InChI is InChI=1S/C14H20ClN3O/c1-9(2)18-12(11(15)8-17-18)13(19)10-7-14(10)3-5-16-6-4-14/h8-10,16H,3-7H2,1-2H3. The number of halogens is 1. The lowest BCUT2D eigenvalue weighted by Crippen LogP contribution is -2.31. The first kappa shape index (κ1) is 13.1. The Bertz CT molecular complexity index is 503. The SMILES string of the molecule is CC(C)n1ncc(Cl)c1C(=O)C1CC12CCNCC2. The van der Waals surface area contributed by atoms with Gasteiger partial charge in [0.1, 0.15) is 5.69 Å². The Kier molecular flexibility index (Phi) is 3.18. The van der Waals surface area contributed by atoms with E-state index in [1.54, 1.807) is 10.9 Å². The molecule has 1 aliphatic carbocycles. The minimum Gasteiger partial charge on any atom is -0.317 e. The zero-order valence-corrected chi connectivity index (χ0v) is 12.2. The van der Waals surface area contributed by atoms with Crippen LogP contribution in [-0.2, 0) is 0 Å². The lowest BCUT2D eigenvalue weighted by Gasteiger charge is -2.23. The van der Waals surface area contributed by atoms with Crippen LogP contribution in [-0.4, -0.2) is 28.7 Å². The fourth-order valence-corrected chi connectivity index (χ4v) is 3.55. The molecule has 1 atom stereocenters. The van der Waals surface area contributed by atoms with Gasteiger partial charge >= 0.3 is 0 Å². The molecule has 1 saturated carbocycles. The third kappa shape index (κ3) is 2.11. The first-order valence-corrected chi connectivity index (χ1v) is 7.41. The van der Waals surface area contributed by atoms with E-state index in [9.17, 15) is 4.79 Å². The molecule has 4 nitrogen and oxygen atoms in total. The summed E-state index contributed by atoms with van der Waals surface area (Å²) in [6.45, 7) is 6.10. The highest BCUT2D eigenvalue weighted by Crippen LogP contribution is 2.59. The Balaban J connectivity index is 1.84. The summed E-state index contributed by atoms with van der Waals surface area (Å²) in [7, 11) is 0. The van der Waals surface area contributed by atoms with E-state index in [1.165, 1.54) is 0 Å². The van der Waals surface area contributed by atoms with E-state index in [-0.39, 0.29) is 23.2 Å². The third-order valence-corrected chi connectivity index (χ3v) is 4.86. The fraction of sp³-hybridized carbons (Fsp3) is 0.714. The smallest absolute Gasteiger partial charge is 0.186 e. The molecule has 2 aliphatic rings. The van der Waals surface area contributed by atoms with Crippen LogP contribution in [0.25, 0.3) is 0 Å². The molecular weight excluding hydrogens is 262 g/mol. The van der Waals surface area contributed by atoms with Crippen LogP contribution in [0.2, 0.25) is 5.02 Å². The molecule has 1 N–H and O–H groups in total. The van der Waals surface area contributed by atoms with Crippen molar-refractivity contribution in [3.8, 4) is 0 Å². The van der Waals surface area contributed by atoms with Crippen LogP contribution in [0.5, 0.6) is 0 Å². The van der Waals surface area contributed by atoms with E-state index in [0.717, 1.165) is 32.4 Å². The maximum absolute atomic E-state index is 12.7. The van der Waals surface area contributed by atoms with E-state index in [2.05, 4.69) is 10.4 Å². The average Bonchev–Trinajstić information content (AvgIpc) is 2.92. The van der Waals surface area contributed by atoms with Crippen molar-refractivity contribution < 1.29 is 4.79 Å². The van der Waals surface area contributed by atoms with Crippen molar-refractivity contribution in [2.45, 2.75) is 39.2 Å². The fourth-order valence-electron chi connectivity index (χ4n) is 3.32. The summed E-state index contributed by atoms with van der Waals surface area (Å²) < 4.78 is 1.76. The van der Waals surface area contributed by atoms with Gasteiger partial charge in [-0.05, 0) is 51.6 Å². The molecule has 1 aliphatic heterocycles. The third-order valence-electron chi connectivity index (χ3n) is 4.58. The number of rotatable bonds is 3. The molecule has 0 radical (unpaired) electrons. The molecular formula is C14H20ClN3O. The number of aromatic nitrogens is 2. The van der Waals surface area contributed by atoms with Gasteiger partial charge in [-0.15, -0.1) is 0 Å². The number of nitrogens with one attached hydrogen (secondary N) is 1. The first-order valence-electron chi connectivity index (χ1n) is 7.03. The van der Waals surface area contributed by atoms with Crippen LogP contribution in [0.1, 0.15) is 49.6 Å². The predicted molar refractivity (Wildman–Crippen MR) is 74.6 cm³/mol. The summed E-state index contributed by atoms with van der Waals surface area (Å²) in [6.07, 6.45) is 4.83. The molecule has 0 amide bonds. The van der Waals surface area contributed by atoms with Gasteiger partial charge in [-0.3, -0.25) is 9.48 Å². The molecule has 0 bridgehead atoms. The summed E-state index contributed by atoms with van der Waals surface area (Å²) in [5.74, 6) is 0.347. The van der Waals surface area contributed by atoms with Crippen molar-refractivity contribution in [1.29, 1.82) is 0 Å². The van der Waals surface area contributed by atoms with E-state index in [4.69, 9.17) is 11.6 Å². The molecule has 104 valence electrons. The van der Waals surface area contributed by atoms with Crippen LogP contribution in [0, 0.1) is 11.3 Å². The maximum Gasteiger partial charge on any atom is 0.186 e. The van der Waals surface area contributed by atoms with Gasteiger partial charge in [0.15, 0.2) is 5.78 Å². The molecule has 1 spiro atoms. The van der Waals surface area contributed by atoms with Crippen LogP contribution in [0.4, 0.5) is 0 Å². The van der Waals surface area contributed by atoms with Gasteiger partial charge in [0.25, 0.3) is 0 Å². The normalized spacial score (nSPS) is 24.9. The topological polar surface area (TPSA) is 46.9 Å². The number of piperidine rings is 1. The highest BCUT2D eigenvalue weighted by atomic mass is 35.5. The van der Waals surface area contributed by atoms with E-state index in [0.29, 0.717) is 10.7 Å². The summed E-state index contributed by atoms with van der Waals surface area (Å²) in [6, 6.07) is 0.161. The maximum atomic E-state index is 12.7. The van der Waals surface area contributed by atoms with Gasteiger partial charge in [0.05, 0.1) is 11.2 Å². The lowest BCUT2D eigenvalue weighted by atomic mass is 9.90. The van der Waals surface area contributed by atoms with E-state index < -0.39 is 0 Å². The van der Waals surface area contributed by atoms with Crippen molar-refractivity contribution in [1.82, 2.24) is 15.1 Å². The Labute approximate surface area is 118 Å². The van der Waals surface area contributed by atoms with Crippen molar-refractivity contribution in [3.05, 3.63) is 16.9 Å². The Morgan fingerprint density at radius 2 is 2.21 bits per heavy atom. The largest absolute Gasteiger partial charge is 0.317 e. The first-order chi connectivity index (χ1) is 9.05. The summed E-state index contributed by atoms with van der Waals surface area (Å²) in [5.41, 5.74) is 0.856. The Morgan fingerprint density at radius 3 is 2.84 bits per heavy atom. The van der Waals surface area contributed by atoms with Gasteiger partial charge < -0.3 is 5.32 Å². The molecule has 2 fully saturated rings. The lowest BCUT2D eigenvalue weighted by molar-refractivity contribution is 0.0928. The molecule has 19 heavy (non-hydrogen) atoms. The minimum absolute atomic E-state index is 0.154. The van der Waals surface area contributed by atoms with Crippen LogP contribution >= 0.6 is 11.6 Å². The van der Waals surface area contributed by atoms with E-state index >= 15 is 0 Å².